The van der Waals surface area contributed by atoms with Gasteiger partial charge in [0.2, 0.25) is 0 Å². The molecule has 1 aliphatic heterocycles. The van der Waals surface area contributed by atoms with Gasteiger partial charge in [0, 0.05) is 5.92 Å². The standard InChI is InChI=1S/C10H17S2/c1-8-4-2-5-9(8)10-11-6-3-7-12-10/h8,10H,2-7H2,1H3. The Balaban J connectivity index is 1.89. The van der Waals surface area contributed by atoms with Gasteiger partial charge < -0.3 is 0 Å². The maximum Gasteiger partial charge on any atom is 0.0567 e. The molecule has 0 spiro atoms. The third kappa shape index (κ3) is 1.95. The minimum Gasteiger partial charge on any atom is -0.147 e. The molecule has 1 unspecified atom stereocenters. The smallest absolute Gasteiger partial charge is 0.0567 e. The first-order valence-electron chi connectivity index (χ1n) is 4.97. The molecule has 0 aromatic heterocycles. The predicted molar refractivity (Wildman–Crippen MR) is 59.6 cm³/mol. The third-order valence-corrected chi connectivity index (χ3v) is 5.94. The second kappa shape index (κ2) is 4.28. The fraction of sp³-hybridized carbons (Fsp3) is 0.900. The van der Waals surface area contributed by atoms with E-state index in [4.69, 9.17) is 0 Å². The van der Waals surface area contributed by atoms with Gasteiger partial charge in [0.15, 0.2) is 0 Å². The van der Waals surface area contributed by atoms with E-state index in [1.807, 2.05) is 5.92 Å². The third-order valence-electron chi connectivity index (χ3n) is 2.87. The SMILES string of the molecule is CC1CCC[C]1C1SCCCS1. The Kier molecular flexibility index (Phi) is 3.30. The largest absolute Gasteiger partial charge is 0.147 e. The molecule has 2 fully saturated rings. The Labute approximate surface area is 84.3 Å². The van der Waals surface area contributed by atoms with Crippen LogP contribution in [0.4, 0.5) is 0 Å². The Bertz CT molecular complexity index is 141. The Morgan fingerprint density at radius 3 is 2.50 bits per heavy atom. The molecule has 1 heterocycles. The molecule has 0 nitrogen and oxygen atoms in total. The molecule has 2 rings (SSSR count). The summed E-state index contributed by atoms with van der Waals surface area (Å²) in [6, 6.07) is 0. The van der Waals surface area contributed by atoms with Gasteiger partial charge in [0.25, 0.3) is 0 Å². The minimum atomic E-state index is 0.872. The van der Waals surface area contributed by atoms with Crippen LogP contribution < -0.4 is 0 Å². The van der Waals surface area contributed by atoms with Crippen LogP contribution in [-0.4, -0.2) is 16.1 Å². The number of rotatable bonds is 1. The average Bonchev–Trinajstić information content (AvgIpc) is 2.53. The topological polar surface area (TPSA) is 0 Å². The van der Waals surface area contributed by atoms with Crippen LogP contribution in [0, 0.1) is 11.8 Å². The van der Waals surface area contributed by atoms with Crippen molar-refractivity contribution in [1.82, 2.24) is 0 Å². The van der Waals surface area contributed by atoms with Gasteiger partial charge in [-0.15, -0.1) is 23.5 Å². The molecule has 1 radical (unpaired) electrons. The maximum atomic E-state index is 2.41. The second-order valence-corrected chi connectivity index (χ2v) is 6.52. The van der Waals surface area contributed by atoms with E-state index in [1.165, 1.54) is 37.2 Å². The summed E-state index contributed by atoms with van der Waals surface area (Å²) < 4.78 is 0.872. The van der Waals surface area contributed by atoms with Crippen molar-refractivity contribution in [3.8, 4) is 0 Å². The van der Waals surface area contributed by atoms with E-state index in [2.05, 4.69) is 30.4 Å². The summed E-state index contributed by atoms with van der Waals surface area (Å²) in [6.45, 7) is 2.41. The first kappa shape index (κ1) is 9.26. The van der Waals surface area contributed by atoms with Crippen molar-refractivity contribution >= 4 is 23.5 Å². The highest BCUT2D eigenvalue weighted by molar-refractivity contribution is 8.17. The Morgan fingerprint density at radius 1 is 1.17 bits per heavy atom. The van der Waals surface area contributed by atoms with Gasteiger partial charge in [-0.3, -0.25) is 0 Å². The molecule has 2 aliphatic rings. The quantitative estimate of drug-likeness (QED) is 0.636. The van der Waals surface area contributed by atoms with Gasteiger partial charge in [0.1, 0.15) is 0 Å². The molecule has 0 aromatic rings. The molecule has 0 amide bonds. The van der Waals surface area contributed by atoms with E-state index in [9.17, 15) is 0 Å². The lowest BCUT2D eigenvalue weighted by Gasteiger charge is -2.28. The number of thioether (sulfide) groups is 2. The van der Waals surface area contributed by atoms with Crippen molar-refractivity contribution in [2.24, 2.45) is 5.92 Å². The zero-order valence-electron chi connectivity index (χ0n) is 7.71. The van der Waals surface area contributed by atoms with Crippen molar-refractivity contribution in [3.05, 3.63) is 5.92 Å². The monoisotopic (exact) mass is 201 g/mol. The zero-order chi connectivity index (χ0) is 8.39. The maximum absolute atomic E-state index is 2.41. The molecule has 1 saturated carbocycles. The summed E-state index contributed by atoms with van der Waals surface area (Å²) in [7, 11) is 0. The summed E-state index contributed by atoms with van der Waals surface area (Å²) in [5, 5.41) is 0. The Morgan fingerprint density at radius 2 is 1.92 bits per heavy atom. The van der Waals surface area contributed by atoms with Crippen LogP contribution in [0.25, 0.3) is 0 Å². The Hall–Kier alpha value is 0.700. The summed E-state index contributed by atoms with van der Waals surface area (Å²) in [5.74, 6) is 5.58. The van der Waals surface area contributed by atoms with Gasteiger partial charge in [-0.05, 0) is 30.3 Å². The lowest BCUT2D eigenvalue weighted by molar-refractivity contribution is 0.640. The highest BCUT2D eigenvalue weighted by Crippen LogP contribution is 2.46. The molecule has 69 valence electrons. The van der Waals surface area contributed by atoms with Crippen molar-refractivity contribution in [2.45, 2.75) is 37.2 Å². The number of hydrogen-bond donors (Lipinski definition) is 0. The predicted octanol–water partition coefficient (Wildman–Crippen LogP) is 3.58. The molecule has 0 aromatic carbocycles. The molecule has 1 aliphatic carbocycles. The molecule has 2 heteroatoms. The lowest BCUT2D eigenvalue weighted by atomic mass is 10.0. The van der Waals surface area contributed by atoms with Gasteiger partial charge in [-0.2, -0.15) is 0 Å². The first-order valence-corrected chi connectivity index (χ1v) is 7.06. The molecule has 1 saturated heterocycles. The molecular weight excluding hydrogens is 184 g/mol. The molecular formula is C10H17S2. The van der Waals surface area contributed by atoms with Crippen molar-refractivity contribution in [1.29, 1.82) is 0 Å². The van der Waals surface area contributed by atoms with Crippen molar-refractivity contribution < 1.29 is 0 Å². The van der Waals surface area contributed by atoms with Crippen LogP contribution in [0.3, 0.4) is 0 Å². The van der Waals surface area contributed by atoms with Gasteiger partial charge >= 0.3 is 0 Å². The average molecular weight is 201 g/mol. The van der Waals surface area contributed by atoms with Gasteiger partial charge in [-0.25, -0.2) is 0 Å². The van der Waals surface area contributed by atoms with E-state index in [-0.39, 0.29) is 0 Å². The summed E-state index contributed by atoms with van der Waals surface area (Å²) >= 11 is 4.38. The molecule has 0 bridgehead atoms. The fourth-order valence-electron chi connectivity index (χ4n) is 2.10. The van der Waals surface area contributed by atoms with E-state index in [1.54, 1.807) is 0 Å². The summed E-state index contributed by atoms with van der Waals surface area (Å²) in [4.78, 5) is 0. The lowest BCUT2D eigenvalue weighted by Crippen LogP contribution is -2.18. The second-order valence-electron chi connectivity index (χ2n) is 3.80. The molecule has 0 N–H and O–H groups in total. The highest BCUT2D eigenvalue weighted by atomic mass is 32.2. The van der Waals surface area contributed by atoms with Crippen LogP contribution >= 0.6 is 23.5 Å². The number of hydrogen-bond acceptors (Lipinski definition) is 2. The fourth-order valence-corrected chi connectivity index (χ4v) is 5.42. The first-order chi connectivity index (χ1) is 5.88. The van der Waals surface area contributed by atoms with E-state index < -0.39 is 0 Å². The van der Waals surface area contributed by atoms with Crippen LogP contribution in [0.15, 0.2) is 0 Å². The van der Waals surface area contributed by atoms with Crippen molar-refractivity contribution in [3.63, 3.8) is 0 Å². The van der Waals surface area contributed by atoms with Crippen LogP contribution in [0.5, 0.6) is 0 Å². The molecule has 12 heavy (non-hydrogen) atoms. The zero-order valence-corrected chi connectivity index (χ0v) is 9.35. The van der Waals surface area contributed by atoms with Crippen LogP contribution in [-0.2, 0) is 0 Å². The van der Waals surface area contributed by atoms with E-state index in [0.29, 0.717) is 0 Å². The van der Waals surface area contributed by atoms with Gasteiger partial charge in [0.05, 0.1) is 4.58 Å². The van der Waals surface area contributed by atoms with E-state index in [0.717, 1.165) is 10.5 Å². The molecule has 1 atom stereocenters. The van der Waals surface area contributed by atoms with Crippen molar-refractivity contribution in [2.75, 3.05) is 11.5 Å². The normalized spacial score (nSPS) is 34.2. The summed E-state index contributed by atoms with van der Waals surface area (Å²) in [6.07, 6.45) is 5.75. The van der Waals surface area contributed by atoms with Gasteiger partial charge in [-0.1, -0.05) is 19.8 Å². The minimum absolute atomic E-state index is 0.872. The summed E-state index contributed by atoms with van der Waals surface area (Å²) in [5.41, 5.74) is 0. The van der Waals surface area contributed by atoms with E-state index >= 15 is 0 Å². The van der Waals surface area contributed by atoms with Crippen LogP contribution in [0.1, 0.15) is 32.6 Å². The van der Waals surface area contributed by atoms with Crippen LogP contribution in [0.2, 0.25) is 0 Å². The highest BCUT2D eigenvalue weighted by Gasteiger charge is 2.32.